The highest BCUT2D eigenvalue weighted by Gasteiger charge is 2.13. The maximum absolute atomic E-state index is 12.3. The van der Waals surface area contributed by atoms with Crippen molar-refractivity contribution in [1.82, 2.24) is 4.57 Å². The lowest BCUT2D eigenvalue weighted by Crippen LogP contribution is -2.18. The number of amides is 1. The predicted molar refractivity (Wildman–Crippen MR) is 92.4 cm³/mol. The van der Waals surface area contributed by atoms with E-state index in [1.165, 1.54) is 10.6 Å². The van der Waals surface area contributed by atoms with Crippen LogP contribution in [0.15, 0.2) is 63.9 Å². The Balaban J connectivity index is 1.75. The van der Waals surface area contributed by atoms with Crippen LogP contribution >= 0.6 is 0 Å². The molecule has 3 rings (SSSR count). The van der Waals surface area contributed by atoms with E-state index in [0.29, 0.717) is 5.76 Å². The van der Waals surface area contributed by atoms with Gasteiger partial charge in [0.25, 0.3) is 11.5 Å². The van der Waals surface area contributed by atoms with Gasteiger partial charge in [-0.1, -0.05) is 18.2 Å². The molecule has 0 aliphatic rings. The summed E-state index contributed by atoms with van der Waals surface area (Å²) in [4.78, 5) is 24.1. The van der Waals surface area contributed by atoms with Gasteiger partial charge in [0.15, 0.2) is 5.76 Å². The van der Waals surface area contributed by atoms with E-state index in [1.807, 2.05) is 32.0 Å². The standard InChI is InChI=1S/C19H18N2O3/c1-13-6-7-14(2)16(11-13)20-19(23)17-9-8-15(24-17)12-21-10-4-3-5-18(21)22/h3-11H,12H2,1-2H3,(H,20,23). The molecule has 1 N–H and O–H groups in total. The number of aryl methyl sites for hydroxylation is 2. The fraction of sp³-hybridized carbons (Fsp3) is 0.158. The Morgan fingerprint density at radius 1 is 1.12 bits per heavy atom. The van der Waals surface area contributed by atoms with Crippen molar-refractivity contribution in [3.63, 3.8) is 0 Å². The monoisotopic (exact) mass is 322 g/mol. The van der Waals surface area contributed by atoms with Gasteiger partial charge in [-0.15, -0.1) is 0 Å². The molecule has 122 valence electrons. The Bertz CT molecular complexity index is 938. The number of carbonyl (C=O) groups excluding carboxylic acids is 1. The third kappa shape index (κ3) is 3.46. The zero-order valence-corrected chi connectivity index (χ0v) is 13.6. The van der Waals surface area contributed by atoms with Gasteiger partial charge in [0.2, 0.25) is 0 Å². The summed E-state index contributed by atoms with van der Waals surface area (Å²) in [6, 6.07) is 14.1. The van der Waals surface area contributed by atoms with Gasteiger partial charge < -0.3 is 14.3 Å². The van der Waals surface area contributed by atoms with E-state index in [-0.39, 0.29) is 23.8 Å². The first-order valence-electron chi connectivity index (χ1n) is 7.66. The lowest BCUT2D eigenvalue weighted by atomic mass is 10.1. The van der Waals surface area contributed by atoms with Crippen LogP contribution in [0.1, 0.15) is 27.4 Å². The number of hydrogen-bond acceptors (Lipinski definition) is 3. The molecular weight excluding hydrogens is 304 g/mol. The van der Waals surface area contributed by atoms with Crippen molar-refractivity contribution in [2.75, 3.05) is 5.32 Å². The summed E-state index contributed by atoms with van der Waals surface area (Å²) in [7, 11) is 0. The number of pyridine rings is 1. The molecule has 1 aromatic carbocycles. The molecule has 0 unspecified atom stereocenters. The van der Waals surface area contributed by atoms with Crippen LogP contribution in [0, 0.1) is 13.8 Å². The van der Waals surface area contributed by atoms with Gasteiger partial charge in [0.1, 0.15) is 5.76 Å². The molecule has 0 atom stereocenters. The number of rotatable bonds is 4. The minimum absolute atomic E-state index is 0.115. The SMILES string of the molecule is Cc1ccc(C)c(NC(=O)c2ccc(Cn3ccccc3=O)o2)c1. The zero-order chi connectivity index (χ0) is 17.1. The maximum atomic E-state index is 12.3. The summed E-state index contributed by atoms with van der Waals surface area (Å²) in [5, 5.41) is 2.85. The van der Waals surface area contributed by atoms with Crippen molar-refractivity contribution in [2.24, 2.45) is 0 Å². The fourth-order valence-corrected chi connectivity index (χ4v) is 2.40. The summed E-state index contributed by atoms with van der Waals surface area (Å²) < 4.78 is 7.09. The second-order valence-electron chi connectivity index (χ2n) is 5.71. The summed E-state index contributed by atoms with van der Waals surface area (Å²) in [6.07, 6.45) is 1.68. The molecule has 0 bridgehead atoms. The first-order chi connectivity index (χ1) is 11.5. The van der Waals surface area contributed by atoms with Crippen molar-refractivity contribution in [1.29, 1.82) is 0 Å². The summed E-state index contributed by atoms with van der Waals surface area (Å²) in [6.45, 7) is 4.19. The quantitative estimate of drug-likeness (QED) is 0.801. The van der Waals surface area contributed by atoms with Crippen LogP contribution in [0.3, 0.4) is 0 Å². The van der Waals surface area contributed by atoms with E-state index in [0.717, 1.165) is 16.8 Å². The lowest BCUT2D eigenvalue weighted by molar-refractivity contribution is 0.0994. The van der Waals surface area contributed by atoms with E-state index in [9.17, 15) is 9.59 Å². The Morgan fingerprint density at radius 3 is 2.75 bits per heavy atom. The maximum Gasteiger partial charge on any atom is 0.291 e. The van der Waals surface area contributed by atoms with E-state index >= 15 is 0 Å². The van der Waals surface area contributed by atoms with Crippen LogP contribution in [-0.4, -0.2) is 10.5 Å². The summed E-state index contributed by atoms with van der Waals surface area (Å²) in [5.74, 6) is 0.458. The minimum Gasteiger partial charge on any atom is -0.454 e. The highest BCUT2D eigenvalue weighted by Crippen LogP contribution is 2.18. The van der Waals surface area contributed by atoms with E-state index in [4.69, 9.17) is 4.42 Å². The van der Waals surface area contributed by atoms with Crippen LogP contribution in [0.2, 0.25) is 0 Å². The third-order valence-electron chi connectivity index (χ3n) is 3.75. The van der Waals surface area contributed by atoms with Gasteiger partial charge >= 0.3 is 0 Å². The fourth-order valence-electron chi connectivity index (χ4n) is 2.40. The molecule has 0 saturated carbocycles. The molecule has 5 heteroatoms. The second kappa shape index (κ2) is 6.58. The number of furan rings is 1. The number of aromatic nitrogens is 1. The Hall–Kier alpha value is -3.08. The molecule has 2 aromatic heterocycles. The van der Waals surface area contributed by atoms with Crippen LogP contribution in [-0.2, 0) is 6.54 Å². The number of hydrogen-bond donors (Lipinski definition) is 1. The highest BCUT2D eigenvalue weighted by molar-refractivity contribution is 6.02. The van der Waals surface area contributed by atoms with Crippen LogP contribution < -0.4 is 10.9 Å². The van der Waals surface area contributed by atoms with Gasteiger partial charge in [-0.2, -0.15) is 0 Å². The largest absolute Gasteiger partial charge is 0.454 e. The number of nitrogens with zero attached hydrogens (tertiary/aromatic N) is 1. The van der Waals surface area contributed by atoms with Crippen molar-refractivity contribution in [3.8, 4) is 0 Å². The Morgan fingerprint density at radius 2 is 1.96 bits per heavy atom. The normalized spacial score (nSPS) is 10.6. The number of anilines is 1. The topological polar surface area (TPSA) is 64.2 Å². The predicted octanol–water partition coefficient (Wildman–Crippen LogP) is 3.36. The van der Waals surface area contributed by atoms with Crippen LogP contribution in [0.5, 0.6) is 0 Å². The van der Waals surface area contributed by atoms with Crippen molar-refractivity contribution in [2.45, 2.75) is 20.4 Å². The average molecular weight is 322 g/mol. The third-order valence-corrected chi connectivity index (χ3v) is 3.75. The molecule has 0 aliphatic heterocycles. The molecule has 3 aromatic rings. The van der Waals surface area contributed by atoms with Gasteiger partial charge in [0.05, 0.1) is 6.54 Å². The molecule has 2 heterocycles. The van der Waals surface area contributed by atoms with E-state index in [1.54, 1.807) is 30.5 Å². The molecule has 1 amide bonds. The Kier molecular flexibility index (Phi) is 4.33. The molecule has 24 heavy (non-hydrogen) atoms. The molecule has 0 saturated heterocycles. The van der Waals surface area contributed by atoms with Gasteiger partial charge in [0, 0.05) is 18.0 Å². The number of benzene rings is 1. The van der Waals surface area contributed by atoms with Gasteiger partial charge in [-0.05, 0) is 49.2 Å². The highest BCUT2D eigenvalue weighted by atomic mass is 16.4. The molecule has 0 spiro atoms. The average Bonchev–Trinajstić information content (AvgIpc) is 3.02. The van der Waals surface area contributed by atoms with Gasteiger partial charge in [-0.25, -0.2) is 0 Å². The van der Waals surface area contributed by atoms with Crippen LogP contribution in [0.4, 0.5) is 5.69 Å². The number of carbonyl (C=O) groups is 1. The van der Waals surface area contributed by atoms with E-state index < -0.39 is 0 Å². The van der Waals surface area contributed by atoms with Crippen molar-refractivity contribution in [3.05, 3.63) is 87.7 Å². The first kappa shape index (κ1) is 15.8. The summed E-state index contributed by atoms with van der Waals surface area (Å²) in [5.41, 5.74) is 2.70. The molecular formula is C19H18N2O3. The summed E-state index contributed by atoms with van der Waals surface area (Å²) >= 11 is 0. The smallest absolute Gasteiger partial charge is 0.291 e. The molecule has 0 radical (unpaired) electrons. The first-order valence-corrected chi connectivity index (χ1v) is 7.66. The molecule has 0 aliphatic carbocycles. The zero-order valence-electron chi connectivity index (χ0n) is 13.6. The second-order valence-corrected chi connectivity index (χ2v) is 5.71. The van der Waals surface area contributed by atoms with Crippen molar-refractivity contribution >= 4 is 11.6 Å². The Labute approximate surface area is 139 Å². The lowest BCUT2D eigenvalue weighted by Gasteiger charge is -2.08. The molecule has 5 nitrogen and oxygen atoms in total. The van der Waals surface area contributed by atoms with Gasteiger partial charge in [-0.3, -0.25) is 9.59 Å². The van der Waals surface area contributed by atoms with Crippen molar-refractivity contribution < 1.29 is 9.21 Å². The van der Waals surface area contributed by atoms with Crippen LogP contribution in [0.25, 0.3) is 0 Å². The molecule has 0 fully saturated rings. The number of nitrogens with one attached hydrogen (secondary N) is 1. The minimum atomic E-state index is -0.310. The van der Waals surface area contributed by atoms with E-state index in [2.05, 4.69) is 5.32 Å².